The van der Waals surface area contributed by atoms with Crippen molar-refractivity contribution < 1.29 is 17.9 Å². The number of nitrogens with zero attached hydrogens (tertiary/aromatic N) is 4. The Morgan fingerprint density at radius 1 is 1.24 bits per heavy atom. The molecular weight excluding hydrogens is 285 g/mol. The van der Waals surface area contributed by atoms with Crippen LogP contribution in [0.2, 0.25) is 0 Å². The van der Waals surface area contributed by atoms with Crippen LogP contribution in [-0.4, -0.2) is 47.2 Å². The zero-order chi connectivity index (χ0) is 15.0. The lowest BCUT2D eigenvalue weighted by Gasteiger charge is -2.19. The predicted molar refractivity (Wildman–Crippen MR) is 70.0 cm³/mol. The summed E-state index contributed by atoms with van der Waals surface area (Å²) < 4.78 is 44.3. The minimum absolute atomic E-state index is 0.0369. The lowest BCUT2D eigenvalue weighted by Crippen LogP contribution is -2.26. The van der Waals surface area contributed by atoms with Crippen LogP contribution in [0.1, 0.15) is 18.7 Å². The van der Waals surface area contributed by atoms with Gasteiger partial charge in [0.1, 0.15) is 12.2 Å². The fraction of sp³-hybridized carbons (Fsp3) is 0.846. The van der Waals surface area contributed by atoms with E-state index in [1.165, 1.54) is 4.57 Å². The molecule has 2 saturated heterocycles. The molecule has 2 aliphatic rings. The zero-order valence-corrected chi connectivity index (χ0v) is 11.9. The second-order valence-electron chi connectivity index (χ2n) is 5.89. The van der Waals surface area contributed by atoms with E-state index in [9.17, 15) is 13.2 Å². The lowest BCUT2D eigenvalue weighted by atomic mass is 9.91. The van der Waals surface area contributed by atoms with Gasteiger partial charge in [0.15, 0.2) is 0 Å². The van der Waals surface area contributed by atoms with Gasteiger partial charge in [-0.2, -0.15) is 13.2 Å². The van der Waals surface area contributed by atoms with Gasteiger partial charge in [0.25, 0.3) is 0 Å². The molecule has 3 heterocycles. The summed E-state index contributed by atoms with van der Waals surface area (Å²) in [5.74, 6) is 1.61. The van der Waals surface area contributed by atoms with Crippen LogP contribution in [0.15, 0.2) is 0 Å². The molecule has 0 saturated carbocycles. The number of ether oxygens (including phenoxy) is 1. The summed E-state index contributed by atoms with van der Waals surface area (Å²) in [4.78, 5) is 2.04. The Balaban J connectivity index is 1.67. The molecule has 0 aliphatic carbocycles. The first-order valence-electron chi connectivity index (χ1n) is 7.22. The van der Waals surface area contributed by atoms with E-state index >= 15 is 0 Å². The first-order valence-corrected chi connectivity index (χ1v) is 7.22. The Morgan fingerprint density at radius 3 is 2.71 bits per heavy atom. The summed E-state index contributed by atoms with van der Waals surface area (Å²) in [5, 5.41) is 7.65. The van der Waals surface area contributed by atoms with Crippen LogP contribution in [0, 0.1) is 11.8 Å². The number of hydrogen-bond donors (Lipinski definition) is 0. The molecule has 1 aromatic heterocycles. The molecule has 5 nitrogen and oxygen atoms in total. The summed E-state index contributed by atoms with van der Waals surface area (Å²) in [6, 6.07) is 0. The molecule has 21 heavy (non-hydrogen) atoms. The standard InChI is InChI=1S/C13H19F3N4O/c1-19-11(6-13(14,15)16)17-18-12(19)20-4-2-9(7-20)10-3-5-21-8-10/h9-10H,2-8H2,1H3. The number of anilines is 1. The molecule has 0 amide bonds. The summed E-state index contributed by atoms with van der Waals surface area (Å²) >= 11 is 0. The molecule has 1 aromatic rings. The highest BCUT2D eigenvalue weighted by Gasteiger charge is 2.35. The third-order valence-electron chi connectivity index (χ3n) is 4.44. The van der Waals surface area contributed by atoms with Crippen LogP contribution < -0.4 is 4.90 Å². The van der Waals surface area contributed by atoms with Gasteiger partial charge in [-0.25, -0.2) is 0 Å². The van der Waals surface area contributed by atoms with E-state index in [1.54, 1.807) is 7.05 Å². The van der Waals surface area contributed by atoms with Crippen molar-refractivity contribution in [2.75, 3.05) is 31.2 Å². The molecule has 0 bridgehead atoms. The van der Waals surface area contributed by atoms with Crippen molar-refractivity contribution >= 4 is 5.95 Å². The van der Waals surface area contributed by atoms with Crippen LogP contribution in [-0.2, 0) is 18.2 Å². The van der Waals surface area contributed by atoms with E-state index in [1.807, 2.05) is 4.90 Å². The van der Waals surface area contributed by atoms with E-state index in [-0.39, 0.29) is 5.82 Å². The first-order chi connectivity index (χ1) is 9.94. The molecule has 8 heteroatoms. The van der Waals surface area contributed by atoms with E-state index in [4.69, 9.17) is 4.74 Å². The van der Waals surface area contributed by atoms with Gasteiger partial charge >= 0.3 is 6.18 Å². The molecule has 2 atom stereocenters. The SMILES string of the molecule is Cn1c(CC(F)(F)F)nnc1N1CCC(C2CCOC2)C1. The molecule has 118 valence electrons. The average Bonchev–Trinajstić information content (AvgIpc) is 3.09. The Bertz CT molecular complexity index is 496. The number of hydrogen-bond acceptors (Lipinski definition) is 4. The summed E-state index contributed by atoms with van der Waals surface area (Å²) in [6.07, 6.45) is -3.18. The van der Waals surface area contributed by atoms with Crippen LogP contribution in [0.5, 0.6) is 0 Å². The first kappa shape index (κ1) is 14.6. The Labute approximate surface area is 121 Å². The van der Waals surface area contributed by atoms with E-state index < -0.39 is 12.6 Å². The van der Waals surface area contributed by atoms with Crippen molar-refractivity contribution in [2.24, 2.45) is 18.9 Å². The van der Waals surface area contributed by atoms with Crippen molar-refractivity contribution in [1.29, 1.82) is 0 Å². The fourth-order valence-electron chi connectivity index (χ4n) is 3.24. The average molecular weight is 304 g/mol. The second-order valence-corrected chi connectivity index (χ2v) is 5.89. The molecule has 0 radical (unpaired) electrons. The van der Waals surface area contributed by atoms with Crippen molar-refractivity contribution in [3.05, 3.63) is 5.82 Å². The van der Waals surface area contributed by atoms with Crippen molar-refractivity contribution in [3.63, 3.8) is 0 Å². The summed E-state index contributed by atoms with van der Waals surface area (Å²) in [6.45, 7) is 3.27. The van der Waals surface area contributed by atoms with Crippen molar-refractivity contribution in [3.8, 4) is 0 Å². The minimum Gasteiger partial charge on any atom is -0.381 e. The Kier molecular flexibility index (Phi) is 3.81. The minimum atomic E-state index is -4.26. The third-order valence-corrected chi connectivity index (χ3v) is 4.44. The highest BCUT2D eigenvalue weighted by atomic mass is 19.4. The highest BCUT2D eigenvalue weighted by molar-refractivity contribution is 5.33. The maximum Gasteiger partial charge on any atom is 0.396 e. The largest absolute Gasteiger partial charge is 0.396 e. The molecule has 3 rings (SSSR count). The van der Waals surface area contributed by atoms with Crippen molar-refractivity contribution in [1.82, 2.24) is 14.8 Å². The van der Waals surface area contributed by atoms with Gasteiger partial charge < -0.3 is 14.2 Å². The number of halogens is 3. The van der Waals surface area contributed by atoms with E-state index in [2.05, 4.69) is 10.2 Å². The maximum absolute atomic E-state index is 12.5. The molecule has 0 spiro atoms. The smallest absolute Gasteiger partial charge is 0.381 e. The maximum atomic E-state index is 12.5. The highest BCUT2D eigenvalue weighted by Crippen LogP contribution is 2.32. The molecule has 2 unspecified atom stereocenters. The van der Waals surface area contributed by atoms with Crippen molar-refractivity contribution in [2.45, 2.75) is 25.4 Å². The lowest BCUT2D eigenvalue weighted by molar-refractivity contribution is -0.128. The number of alkyl halides is 3. The molecule has 0 N–H and O–H groups in total. The van der Waals surface area contributed by atoms with Crippen LogP contribution in [0.4, 0.5) is 19.1 Å². The Morgan fingerprint density at radius 2 is 2.05 bits per heavy atom. The molecule has 2 fully saturated rings. The normalized spacial score (nSPS) is 26.8. The third kappa shape index (κ3) is 3.14. The number of aromatic nitrogens is 3. The summed E-state index contributed by atoms with van der Waals surface area (Å²) in [7, 11) is 1.60. The number of rotatable bonds is 3. The topological polar surface area (TPSA) is 43.2 Å². The van der Waals surface area contributed by atoms with Crippen LogP contribution >= 0.6 is 0 Å². The molecule has 2 aliphatic heterocycles. The quantitative estimate of drug-likeness (QED) is 0.854. The Hall–Kier alpha value is -1.31. The summed E-state index contributed by atoms with van der Waals surface area (Å²) in [5.41, 5.74) is 0. The predicted octanol–water partition coefficient (Wildman–Crippen LogP) is 1.78. The van der Waals surface area contributed by atoms with E-state index in [0.717, 1.165) is 39.1 Å². The van der Waals surface area contributed by atoms with Gasteiger partial charge in [-0.3, -0.25) is 0 Å². The molecule has 0 aromatic carbocycles. The molecular formula is C13H19F3N4O. The van der Waals surface area contributed by atoms with E-state index in [0.29, 0.717) is 17.8 Å². The van der Waals surface area contributed by atoms with Gasteiger partial charge in [0, 0.05) is 33.4 Å². The van der Waals surface area contributed by atoms with Gasteiger partial charge in [-0.1, -0.05) is 0 Å². The monoisotopic (exact) mass is 304 g/mol. The van der Waals surface area contributed by atoms with Gasteiger partial charge in [0.2, 0.25) is 5.95 Å². The van der Waals surface area contributed by atoms with Gasteiger partial charge in [0.05, 0.1) is 0 Å². The van der Waals surface area contributed by atoms with Gasteiger partial charge in [-0.15, -0.1) is 10.2 Å². The fourth-order valence-corrected chi connectivity index (χ4v) is 3.24. The van der Waals surface area contributed by atoms with Crippen LogP contribution in [0.25, 0.3) is 0 Å². The van der Waals surface area contributed by atoms with Crippen LogP contribution in [0.3, 0.4) is 0 Å². The zero-order valence-electron chi connectivity index (χ0n) is 11.9. The van der Waals surface area contributed by atoms with Gasteiger partial charge in [-0.05, 0) is 24.7 Å². The second kappa shape index (κ2) is 5.47.